The van der Waals surface area contributed by atoms with Crippen molar-refractivity contribution in [1.29, 1.82) is 0 Å². The van der Waals surface area contributed by atoms with Crippen LogP contribution in [-0.2, 0) is 0 Å². The molecule has 2 nitrogen and oxygen atoms in total. The Balaban J connectivity index is 2.66. The standard InChI is InChI=1S/C14H19Cl2NOS/c1-9(8-17(2)3)14(19)7-13(18)10-4-5-11(15)12(16)6-10/h4-6,9,14,19H,7-8H2,1-3H3. The number of hydrogen-bond acceptors (Lipinski definition) is 3. The van der Waals surface area contributed by atoms with Gasteiger partial charge in [-0.1, -0.05) is 30.1 Å². The number of hydrogen-bond donors (Lipinski definition) is 1. The zero-order chi connectivity index (χ0) is 14.6. The first-order valence-corrected chi connectivity index (χ1v) is 7.39. The molecule has 1 aromatic rings. The molecule has 0 saturated carbocycles. The van der Waals surface area contributed by atoms with Crippen LogP contribution in [0.4, 0.5) is 0 Å². The molecule has 0 aromatic heterocycles. The van der Waals surface area contributed by atoms with Gasteiger partial charge in [-0.15, -0.1) is 0 Å². The van der Waals surface area contributed by atoms with Crippen molar-refractivity contribution in [3.63, 3.8) is 0 Å². The molecule has 19 heavy (non-hydrogen) atoms. The summed E-state index contributed by atoms with van der Waals surface area (Å²) in [6, 6.07) is 4.96. The summed E-state index contributed by atoms with van der Waals surface area (Å²) >= 11 is 16.3. The van der Waals surface area contributed by atoms with Crippen LogP contribution >= 0.6 is 35.8 Å². The van der Waals surface area contributed by atoms with Crippen LogP contribution in [0.15, 0.2) is 18.2 Å². The van der Waals surface area contributed by atoms with Crippen molar-refractivity contribution in [3.05, 3.63) is 33.8 Å². The van der Waals surface area contributed by atoms with E-state index in [-0.39, 0.29) is 11.0 Å². The SMILES string of the molecule is CC(CN(C)C)C(S)CC(=O)c1ccc(Cl)c(Cl)c1. The Labute approximate surface area is 130 Å². The highest BCUT2D eigenvalue weighted by Crippen LogP contribution is 2.24. The Morgan fingerprint density at radius 2 is 1.95 bits per heavy atom. The molecular formula is C14H19Cl2NOS. The fourth-order valence-electron chi connectivity index (χ4n) is 1.88. The van der Waals surface area contributed by atoms with E-state index in [1.165, 1.54) is 0 Å². The Hall–Kier alpha value is -0.220. The quantitative estimate of drug-likeness (QED) is 0.630. The maximum absolute atomic E-state index is 12.1. The molecule has 0 amide bonds. The first-order chi connectivity index (χ1) is 8.81. The van der Waals surface area contributed by atoms with E-state index in [0.29, 0.717) is 27.9 Å². The second kappa shape index (κ2) is 7.53. The number of nitrogens with zero attached hydrogens (tertiary/aromatic N) is 1. The van der Waals surface area contributed by atoms with E-state index in [9.17, 15) is 4.79 Å². The number of thiol groups is 1. The first-order valence-electron chi connectivity index (χ1n) is 6.12. The van der Waals surface area contributed by atoms with E-state index in [1.807, 2.05) is 14.1 Å². The van der Waals surface area contributed by atoms with E-state index in [4.69, 9.17) is 23.2 Å². The Bertz CT molecular complexity index is 451. The van der Waals surface area contributed by atoms with E-state index < -0.39 is 0 Å². The summed E-state index contributed by atoms with van der Waals surface area (Å²) < 4.78 is 0. The highest BCUT2D eigenvalue weighted by atomic mass is 35.5. The summed E-state index contributed by atoms with van der Waals surface area (Å²) in [4.78, 5) is 14.2. The largest absolute Gasteiger partial charge is 0.309 e. The minimum absolute atomic E-state index is 0.0318. The average Bonchev–Trinajstić information content (AvgIpc) is 2.31. The first kappa shape index (κ1) is 16.8. The minimum Gasteiger partial charge on any atom is -0.309 e. The number of carbonyl (C=O) groups excluding carboxylic acids is 1. The molecule has 0 spiro atoms. The van der Waals surface area contributed by atoms with E-state index >= 15 is 0 Å². The molecule has 0 aliphatic heterocycles. The molecule has 2 unspecified atom stereocenters. The van der Waals surface area contributed by atoms with Gasteiger partial charge in [0, 0.05) is 23.8 Å². The van der Waals surface area contributed by atoms with Crippen LogP contribution in [0, 0.1) is 5.92 Å². The van der Waals surface area contributed by atoms with Crippen LogP contribution in [-0.4, -0.2) is 36.6 Å². The average molecular weight is 320 g/mol. The predicted octanol–water partition coefficient (Wildman–Crippen LogP) is 4.06. The van der Waals surface area contributed by atoms with Gasteiger partial charge in [0.25, 0.3) is 0 Å². The van der Waals surface area contributed by atoms with Crippen LogP contribution in [0.25, 0.3) is 0 Å². The van der Waals surface area contributed by atoms with E-state index in [1.54, 1.807) is 18.2 Å². The summed E-state index contributed by atoms with van der Waals surface area (Å²) in [5, 5.41) is 0.899. The third-order valence-electron chi connectivity index (χ3n) is 2.95. The van der Waals surface area contributed by atoms with Gasteiger partial charge in [-0.05, 0) is 38.2 Å². The molecule has 2 atom stereocenters. The van der Waals surface area contributed by atoms with Crippen molar-refractivity contribution >= 4 is 41.6 Å². The maximum atomic E-state index is 12.1. The van der Waals surface area contributed by atoms with Gasteiger partial charge in [0.2, 0.25) is 0 Å². The number of ketones is 1. The zero-order valence-corrected chi connectivity index (χ0v) is 13.8. The molecule has 0 fully saturated rings. The third-order valence-corrected chi connectivity index (χ3v) is 4.38. The lowest BCUT2D eigenvalue weighted by atomic mass is 9.99. The lowest BCUT2D eigenvalue weighted by molar-refractivity contribution is 0.0975. The van der Waals surface area contributed by atoms with Crippen LogP contribution in [0.1, 0.15) is 23.7 Å². The van der Waals surface area contributed by atoms with Crippen molar-refractivity contribution in [3.8, 4) is 0 Å². The summed E-state index contributed by atoms with van der Waals surface area (Å²) in [6.45, 7) is 3.00. The molecule has 1 aromatic carbocycles. The number of rotatable bonds is 6. The molecule has 0 radical (unpaired) electrons. The second-order valence-corrected chi connectivity index (χ2v) is 6.54. The summed E-state index contributed by atoms with van der Waals surface area (Å²) in [7, 11) is 4.02. The molecule has 106 valence electrons. The molecule has 0 aliphatic carbocycles. The van der Waals surface area contributed by atoms with Gasteiger partial charge in [-0.25, -0.2) is 0 Å². The fourth-order valence-corrected chi connectivity index (χ4v) is 2.43. The Morgan fingerprint density at radius 1 is 1.32 bits per heavy atom. The van der Waals surface area contributed by atoms with Crippen LogP contribution in [0.3, 0.4) is 0 Å². The zero-order valence-electron chi connectivity index (χ0n) is 11.4. The number of Topliss-reactive ketones (excluding diaryl/α,β-unsaturated/α-hetero) is 1. The number of carbonyl (C=O) groups is 1. The maximum Gasteiger partial charge on any atom is 0.164 e. The van der Waals surface area contributed by atoms with Crippen molar-refractivity contribution in [2.24, 2.45) is 5.92 Å². The van der Waals surface area contributed by atoms with Crippen molar-refractivity contribution in [2.45, 2.75) is 18.6 Å². The topological polar surface area (TPSA) is 20.3 Å². The second-order valence-electron chi connectivity index (χ2n) is 5.06. The number of halogens is 2. The molecule has 5 heteroatoms. The third kappa shape index (κ3) is 5.35. The fraction of sp³-hybridized carbons (Fsp3) is 0.500. The molecule has 0 bridgehead atoms. The summed E-state index contributed by atoms with van der Waals surface area (Å²) in [5.41, 5.74) is 0.588. The monoisotopic (exact) mass is 319 g/mol. The van der Waals surface area contributed by atoms with Crippen LogP contribution in [0.2, 0.25) is 10.0 Å². The van der Waals surface area contributed by atoms with Gasteiger partial charge in [0.15, 0.2) is 5.78 Å². The Morgan fingerprint density at radius 3 is 2.47 bits per heavy atom. The summed E-state index contributed by atoms with van der Waals surface area (Å²) in [5.74, 6) is 0.384. The van der Waals surface area contributed by atoms with Gasteiger partial charge < -0.3 is 4.90 Å². The normalized spacial score (nSPS) is 14.5. The molecule has 1 rings (SSSR count). The predicted molar refractivity (Wildman–Crippen MR) is 85.9 cm³/mol. The minimum atomic E-state index is 0.0318. The molecule has 0 saturated heterocycles. The summed E-state index contributed by atoms with van der Waals surface area (Å²) in [6.07, 6.45) is 0.399. The van der Waals surface area contributed by atoms with E-state index in [0.717, 1.165) is 6.54 Å². The molecular weight excluding hydrogens is 301 g/mol. The van der Waals surface area contributed by atoms with E-state index in [2.05, 4.69) is 24.5 Å². The Kier molecular flexibility index (Phi) is 6.67. The van der Waals surface area contributed by atoms with Gasteiger partial charge in [0.05, 0.1) is 10.0 Å². The molecule has 0 aliphatic rings. The molecule has 0 N–H and O–H groups in total. The van der Waals surface area contributed by atoms with Crippen molar-refractivity contribution in [2.75, 3.05) is 20.6 Å². The molecule has 0 heterocycles. The van der Waals surface area contributed by atoms with Gasteiger partial charge in [0.1, 0.15) is 0 Å². The van der Waals surface area contributed by atoms with Crippen LogP contribution in [0.5, 0.6) is 0 Å². The van der Waals surface area contributed by atoms with Gasteiger partial charge in [-0.3, -0.25) is 4.79 Å². The van der Waals surface area contributed by atoms with Crippen molar-refractivity contribution < 1.29 is 4.79 Å². The lowest BCUT2D eigenvalue weighted by Gasteiger charge is -2.22. The smallest absolute Gasteiger partial charge is 0.164 e. The van der Waals surface area contributed by atoms with Crippen molar-refractivity contribution in [1.82, 2.24) is 4.90 Å². The number of benzene rings is 1. The van der Waals surface area contributed by atoms with Gasteiger partial charge in [-0.2, -0.15) is 12.6 Å². The lowest BCUT2D eigenvalue weighted by Crippen LogP contribution is -2.27. The highest BCUT2D eigenvalue weighted by molar-refractivity contribution is 7.81. The van der Waals surface area contributed by atoms with Crippen LogP contribution < -0.4 is 0 Å². The highest BCUT2D eigenvalue weighted by Gasteiger charge is 2.19. The van der Waals surface area contributed by atoms with Gasteiger partial charge >= 0.3 is 0 Å².